The molecule has 0 aromatic heterocycles. The largest absolute Gasteiger partial charge is 0.497 e. The molecule has 0 fully saturated rings. The van der Waals surface area contributed by atoms with Crippen molar-refractivity contribution in [2.75, 3.05) is 19.5 Å². The quantitative estimate of drug-likeness (QED) is 0.886. The van der Waals surface area contributed by atoms with Gasteiger partial charge in [-0.15, -0.1) is 0 Å². The maximum Gasteiger partial charge on any atom is 0.250 e. The number of hydrogen-bond donors (Lipinski definition) is 2. The fourth-order valence-corrected chi connectivity index (χ4v) is 2.21. The van der Waals surface area contributed by atoms with Gasteiger partial charge in [0.25, 0.3) is 5.91 Å². The summed E-state index contributed by atoms with van der Waals surface area (Å²) in [6.45, 7) is 1.37. The average molecular weight is 314 g/mol. The maximum atomic E-state index is 11.5. The number of anilines is 1. The van der Waals surface area contributed by atoms with Gasteiger partial charge < -0.3 is 20.5 Å². The van der Waals surface area contributed by atoms with E-state index >= 15 is 0 Å². The van der Waals surface area contributed by atoms with E-state index in [1.807, 2.05) is 12.1 Å². The monoisotopic (exact) mass is 314 g/mol. The van der Waals surface area contributed by atoms with E-state index < -0.39 is 5.91 Å². The lowest BCUT2D eigenvalue weighted by Crippen LogP contribution is -2.16. The number of carbonyl (C=O) groups excluding carboxylic acids is 2. The highest BCUT2D eigenvalue weighted by Gasteiger charge is 2.12. The number of rotatable bonds is 5. The molecule has 23 heavy (non-hydrogen) atoms. The van der Waals surface area contributed by atoms with Crippen LogP contribution in [0.2, 0.25) is 0 Å². The third kappa shape index (κ3) is 3.79. The van der Waals surface area contributed by atoms with Crippen molar-refractivity contribution in [1.82, 2.24) is 0 Å². The van der Waals surface area contributed by atoms with Crippen LogP contribution in [0.3, 0.4) is 0 Å². The second kappa shape index (κ2) is 6.83. The average Bonchev–Trinajstić information content (AvgIpc) is 2.53. The Kier molecular flexibility index (Phi) is 4.85. The Hall–Kier alpha value is -3.02. The molecule has 6 nitrogen and oxygen atoms in total. The summed E-state index contributed by atoms with van der Waals surface area (Å²) in [6.07, 6.45) is 0. The summed E-state index contributed by atoms with van der Waals surface area (Å²) in [5.41, 5.74) is 7.56. The molecule has 0 saturated carbocycles. The molecule has 0 bridgehead atoms. The van der Waals surface area contributed by atoms with Gasteiger partial charge in [-0.2, -0.15) is 0 Å². The minimum atomic E-state index is -0.608. The van der Waals surface area contributed by atoms with Crippen LogP contribution in [0.25, 0.3) is 11.1 Å². The van der Waals surface area contributed by atoms with E-state index in [0.29, 0.717) is 17.2 Å². The number of primary amides is 1. The van der Waals surface area contributed by atoms with Crippen molar-refractivity contribution in [3.63, 3.8) is 0 Å². The first kappa shape index (κ1) is 16.4. The molecule has 2 rings (SSSR count). The van der Waals surface area contributed by atoms with Gasteiger partial charge in [-0.25, -0.2) is 0 Å². The molecule has 0 aliphatic rings. The third-order valence-electron chi connectivity index (χ3n) is 3.28. The van der Waals surface area contributed by atoms with Crippen molar-refractivity contribution in [2.45, 2.75) is 6.92 Å². The lowest BCUT2D eigenvalue weighted by atomic mass is 10.0. The van der Waals surface area contributed by atoms with Crippen molar-refractivity contribution in [1.29, 1.82) is 0 Å². The zero-order valence-corrected chi connectivity index (χ0v) is 13.2. The highest BCUT2D eigenvalue weighted by Crippen LogP contribution is 2.32. The lowest BCUT2D eigenvalue weighted by molar-refractivity contribution is -0.114. The Labute approximate surface area is 134 Å². The summed E-state index contributed by atoms with van der Waals surface area (Å²) in [6, 6.07) is 10.4. The molecule has 0 aliphatic heterocycles. The van der Waals surface area contributed by atoms with E-state index in [0.717, 1.165) is 11.1 Å². The van der Waals surface area contributed by atoms with Crippen LogP contribution < -0.4 is 20.5 Å². The summed E-state index contributed by atoms with van der Waals surface area (Å²) in [5.74, 6) is 0.384. The molecule has 0 radical (unpaired) electrons. The van der Waals surface area contributed by atoms with Crippen molar-refractivity contribution < 1.29 is 19.1 Å². The van der Waals surface area contributed by atoms with Crippen LogP contribution in [0.4, 0.5) is 5.69 Å². The van der Waals surface area contributed by atoms with Crippen molar-refractivity contribution in [3.8, 4) is 22.6 Å². The van der Waals surface area contributed by atoms with Crippen LogP contribution in [-0.4, -0.2) is 26.0 Å². The second-order valence-corrected chi connectivity index (χ2v) is 4.91. The number of methoxy groups -OCH3 is 2. The van der Waals surface area contributed by atoms with Crippen LogP contribution >= 0.6 is 0 Å². The van der Waals surface area contributed by atoms with Crippen molar-refractivity contribution in [2.24, 2.45) is 5.73 Å². The number of benzene rings is 2. The SMILES string of the molecule is COc1cc(OC)cc(-c2ccc(C(N)=O)c(NC(C)=O)c2)c1. The summed E-state index contributed by atoms with van der Waals surface area (Å²) in [7, 11) is 3.13. The predicted octanol–water partition coefficient (Wildman–Crippen LogP) is 2.43. The fourth-order valence-electron chi connectivity index (χ4n) is 2.21. The van der Waals surface area contributed by atoms with Gasteiger partial charge in [0.2, 0.25) is 5.91 Å². The number of nitrogens with two attached hydrogens (primary N) is 1. The number of nitrogens with one attached hydrogen (secondary N) is 1. The van der Waals surface area contributed by atoms with E-state index in [4.69, 9.17) is 15.2 Å². The minimum absolute atomic E-state index is 0.249. The first-order valence-electron chi connectivity index (χ1n) is 6.89. The van der Waals surface area contributed by atoms with Gasteiger partial charge in [-0.1, -0.05) is 6.07 Å². The molecule has 0 unspecified atom stereocenters. The normalized spacial score (nSPS) is 10.0. The van der Waals surface area contributed by atoms with Crippen LogP contribution in [-0.2, 0) is 4.79 Å². The number of hydrogen-bond acceptors (Lipinski definition) is 4. The first-order chi connectivity index (χ1) is 10.9. The highest BCUT2D eigenvalue weighted by molar-refractivity contribution is 6.03. The Bertz CT molecular complexity index is 734. The summed E-state index contributed by atoms with van der Waals surface area (Å²) in [4.78, 5) is 22.8. The van der Waals surface area contributed by atoms with Crippen molar-refractivity contribution >= 4 is 17.5 Å². The van der Waals surface area contributed by atoms with E-state index in [1.165, 1.54) is 6.92 Å². The molecule has 3 N–H and O–H groups in total. The molecule has 2 aromatic carbocycles. The van der Waals surface area contributed by atoms with Crippen LogP contribution in [0.5, 0.6) is 11.5 Å². The Balaban J connectivity index is 2.55. The lowest BCUT2D eigenvalue weighted by Gasteiger charge is -2.12. The number of ether oxygens (including phenoxy) is 2. The van der Waals surface area contributed by atoms with Gasteiger partial charge in [0.15, 0.2) is 0 Å². The van der Waals surface area contributed by atoms with Gasteiger partial charge >= 0.3 is 0 Å². The number of carbonyl (C=O) groups is 2. The summed E-state index contributed by atoms with van der Waals surface area (Å²) in [5, 5.41) is 2.62. The van der Waals surface area contributed by atoms with Gasteiger partial charge in [-0.05, 0) is 35.4 Å². The molecule has 0 heterocycles. The van der Waals surface area contributed by atoms with Gasteiger partial charge in [0.05, 0.1) is 25.5 Å². The molecule has 0 spiro atoms. The Morgan fingerprint density at radius 1 is 0.957 bits per heavy atom. The topological polar surface area (TPSA) is 90.7 Å². The second-order valence-electron chi connectivity index (χ2n) is 4.91. The van der Waals surface area contributed by atoms with E-state index in [9.17, 15) is 9.59 Å². The molecule has 6 heteroatoms. The maximum absolute atomic E-state index is 11.5. The molecule has 2 aromatic rings. The highest BCUT2D eigenvalue weighted by atomic mass is 16.5. The Morgan fingerprint density at radius 3 is 2.04 bits per heavy atom. The third-order valence-corrected chi connectivity index (χ3v) is 3.28. The van der Waals surface area contributed by atoms with Gasteiger partial charge in [0, 0.05) is 13.0 Å². The molecule has 0 atom stereocenters. The molecule has 0 saturated heterocycles. The van der Waals surface area contributed by atoms with E-state index in [2.05, 4.69) is 5.32 Å². The van der Waals surface area contributed by atoms with E-state index in [1.54, 1.807) is 38.5 Å². The zero-order chi connectivity index (χ0) is 17.0. The van der Waals surface area contributed by atoms with Crippen molar-refractivity contribution in [3.05, 3.63) is 42.0 Å². The summed E-state index contributed by atoms with van der Waals surface area (Å²) >= 11 is 0. The van der Waals surface area contributed by atoms with E-state index in [-0.39, 0.29) is 11.5 Å². The smallest absolute Gasteiger partial charge is 0.250 e. The van der Waals surface area contributed by atoms with Gasteiger partial charge in [0.1, 0.15) is 11.5 Å². The molecular formula is C17H18N2O4. The molecule has 0 aliphatic carbocycles. The number of amides is 2. The predicted molar refractivity (Wildman–Crippen MR) is 87.8 cm³/mol. The minimum Gasteiger partial charge on any atom is -0.497 e. The van der Waals surface area contributed by atoms with Crippen LogP contribution in [0.1, 0.15) is 17.3 Å². The van der Waals surface area contributed by atoms with Crippen LogP contribution in [0, 0.1) is 0 Å². The molecular weight excluding hydrogens is 296 g/mol. The Morgan fingerprint density at radius 2 is 1.57 bits per heavy atom. The fraction of sp³-hybridized carbons (Fsp3) is 0.176. The van der Waals surface area contributed by atoms with Gasteiger partial charge in [-0.3, -0.25) is 9.59 Å². The summed E-state index contributed by atoms with van der Waals surface area (Å²) < 4.78 is 10.5. The first-order valence-corrected chi connectivity index (χ1v) is 6.89. The standard InChI is InChI=1S/C17H18N2O4/c1-10(20)19-16-8-11(4-5-15(16)17(18)21)12-6-13(22-2)9-14(7-12)23-3/h4-9H,1-3H3,(H2,18,21)(H,19,20). The molecule has 2 amide bonds. The molecule has 120 valence electrons. The van der Waals surface area contributed by atoms with Crippen LogP contribution in [0.15, 0.2) is 36.4 Å². The zero-order valence-electron chi connectivity index (χ0n) is 13.2.